The fraction of sp³-hybridized carbons (Fsp3) is 0.364. The van der Waals surface area contributed by atoms with E-state index in [-0.39, 0.29) is 0 Å². The van der Waals surface area contributed by atoms with Gasteiger partial charge in [-0.25, -0.2) is 4.98 Å². The van der Waals surface area contributed by atoms with Gasteiger partial charge in [-0.05, 0) is 36.4 Å². The van der Waals surface area contributed by atoms with Gasteiger partial charge in [0, 0.05) is 51.9 Å². The smallest absolute Gasteiger partial charge is 0.193 e. The summed E-state index contributed by atoms with van der Waals surface area (Å²) in [6, 6.07) is 16.4. The molecule has 29 heavy (non-hydrogen) atoms. The molecule has 3 aromatic rings. The summed E-state index contributed by atoms with van der Waals surface area (Å²) >= 11 is 0. The lowest BCUT2D eigenvalue weighted by Gasteiger charge is -2.37. The van der Waals surface area contributed by atoms with E-state index >= 15 is 0 Å². The second-order valence-corrected chi connectivity index (χ2v) is 7.10. The molecule has 7 heteroatoms. The SMILES string of the molecule is CN=C(NCCc1nc2ccccc2[nH]1)N1CCN(c2ccc(OC)cc2)CC1. The van der Waals surface area contributed by atoms with Gasteiger partial charge in [0.05, 0.1) is 18.1 Å². The molecule has 2 N–H and O–H groups in total. The van der Waals surface area contributed by atoms with Crippen LogP contribution in [0.3, 0.4) is 0 Å². The highest BCUT2D eigenvalue weighted by Gasteiger charge is 2.19. The van der Waals surface area contributed by atoms with Gasteiger partial charge in [0.2, 0.25) is 0 Å². The standard InChI is InChI=1S/C22H28N6O/c1-23-22(24-12-11-21-25-19-5-3-4-6-20(19)26-21)28-15-13-27(14-16-28)17-7-9-18(29-2)10-8-17/h3-10H,11-16H2,1-2H3,(H,23,24)(H,25,26). The first-order chi connectivity index (χ1) is 14.3. The second kappa shape index (κ2) is 8.86. The van der Waals surface area contributed by atoms with E-state index < -0.39 is 0 Å². The number of aromatic amines is 1. The fourth-order valence-corrected chi connectivity index (χ4v) is 3.72. The normalized spacial score (nSPS) is 15.0. The van der Waals surface area contributed by atoms with Crippen LogP contribution in [0.1, 0.15) is 5.82 Å². The van der Waals surface area contributed by atoms with Crippen LogP contribution in [-0.2, 0) is 6.42 Å². The molecule has 1 saturated heterocycles. The molecule has 2 aromatic carbocycles. The molecule has 1 aromatic heterocycles. The third-order valence-electron chi connectivity index (χ3n) is 5.31. The molecular formula is C22H28N6O. The van der Waals surface area contributed by atoms with Crippen molar-refractivity contribution < 1.29 is 4.74 Å². The molecule has 152 valence electrons. The molecular weight excluding hydrogens is 364 g/mol. The maximum absolute atomic E-state index is 5.25. The van der Waals surface area contributed by atoms with Crippen LogP contribution in [0.2, 0.25) is 0 Å². The van der Waals surface area contributed by atoms with Crippen molar-refractivity contribution in [1.29, 1.82) is 0 Å². The lowest BCUT2D eigenvalue weighted by Crippen LogP contribution is -2.52. The fourth-order valence-electron chi connectivity index (χ4n) is 3.72. The summed E-state index contributed by atoms with van der Waals surface area (Å²) in [5.41, 5.74) is 3.33. The highest BCUT2D eigenvalue weighted by atomic mass is 16.5. The first kappa shape index (κ1) is 19.1. The second-order valence-electron chi connectivity index (χ2n) is 7.10. The summed E-state index contributed by atoms with van der Waals surface area (Å²) < 4.78 is 5.25. The van der Waals surface area contributed by atoms with Crippen molar-refractivity contribution in [3.05, 3.63) is 54.4 Å². The van der Waals surface area contributed by atoms with Crippen molar-refractivity contribution in [3.8, 4) is 5.75 Å². The average Bonchev–Trinajstić information content (AvgIpc) is 3.20. The van der Waals surface area contributed by atoms with Crippen LogP contribution in [0.5, 0.6) is 5.75 Å². The number of hydrogen-bond donors (Lipinski definition) is 2. The number of aromatic nitrogens is 2. The summed E-state index contributed by atoms with van der Waals surface area (Å²) in [6.45, 7) is 4.62. The van der Waals surface area contributed by atoms with Gasteiger partial charge < -0.3 is 24.8 Å². The predicted molar refractivity (Wildman–Crippen MR) is 118 cm³/mol. The topological polar surface area (TPSA) is 68.8 Å². The number of fused-ring (bicyclic) bond motifs is 1. The number of guanidine groups is 1. The van der Waals surface area contributed by atoms with E-state index in [4.69, 9.17) is 4.74 Å². The molecule has 0 spiro atoms. The Bertz CT molecular complexity index is 924. The van der Waals surface area contributed by atoms with Gasteiger partial charge >= 0.3 is 0 Å². The zero-order valence-corrected chi connectivity index (χ0v) is 17.1. The highest BCUT2D eigenvalue weighted by molar-refractivity contribution is 5.80. The number of H-pyrrole nitrogens is 1. The van der Waals surface area contributed by atoms with Crippen molar-refractivity contribution in [2.45, 2.75) is 6.42 Å². The molecule has 0 aliphatic carbocycles. The number of benzene rings is 2. The number of hydrogen-bond acceptors (Lipinski definition) is 4. The minimum atomic E-state index is 0.797. The highest BCUT2D eigenvalue weighted by Crippen LogP contribution is 2.20. The predicted octanol–water partition coefficient (Wildman–Crippen LogP) is 2.51. The van der Waals surface area contributed by atoms with Crippen molar-refractivity contribution >= 4 is 22.7 Å². The number of methoxy groups -OCH3 is 1. The molecule has 0 unspecified atom stereocenters. The zero-order chi connectivity index (χ0) is 20.1. The van der Waals surface area contributed by atoms with Crippen LogP contribution in [0.4, 0.5) is 5.69 Å². The van der Waals surface area contributed by atoms with Gasteiger partial charge in [0.15, 0.2) is 5.96 Å². The van der Waals surface area contributed by atoms with Crippen LogP contribution >= 0.6 is 0 Å². The van der Waals surface area contributed by atoms with Crippen molar-refractivity contribution in [1.82, 2.24) is 20.2 Å². The molecule has 0 bridgehead atoms. The number of nitrogens with one attached hydrogen (secondary N) is 2. The molecule has 0 atom stereocenters. The number of anilines is 1. The Hall–Kier alpha value is -3.22. The molecule has 7 nitrogen and oxygen atoms in total. The van der Waals surface area contributed by atoms with Gasteiger partial charge in [0.1, 0.15) is 11.6 Å². The average molecular weight is 393 g/mol. The molecule has 4 rings (SSSR count). The third-order valence-corrected chi connectivity index (χ3v) is 5.31. The van der Waals surface area contributed by atoms with Crippen LogP contribution in [0.15, 0.2) is 53.5 Å². The van der Waals surface area contributed by atoms with Gasteiger partial charge in [0.25, 0.3) is 0 Å². The number of ether oxygens (including phenoxy) is 1. The molecule has 0 amide bonds. The summed E-state index contributed by atoms with van der Waals surface area (Å²) in [7, 11) is 3.54. The van der Waals surface area contributed by atoms with E-state index in [1.807, 2.05) is 37.4 Å². The molecule has 2 heterocycles. The number of para-hydroxylation sites is 2. The Morgan fingerprint density at radius 1 is 1.10 bits per heavy atom. The van der Waals surface area contributed by atoms with Gasteiger partial charge in [-0.15, -0.1) is 0 Å². The Balaban J connectivity index is 1.27. The maximum atomic E-state index is 5.25. The summed E-state index contributed by atoms with van der Waals surface area (Å²) in [5, 5.41) is 3.48. The maximum Gasteiger partial charge on any atom is 0.193 e. The van der Waals surface area contributed by atoms with Gasteiger partial charge in [-0.1, -0.05) is 12.1 Å². The molecule has 1 fully saturated rings. The van der Waals surface area contributed by atoms with E-state index in [0.717, 1.165) is 67.7 Å². The summed E-state index contributed by atoms with van der Waals surface area (Å²) in [5.74, 6) is 2.84. The number of rotatable bonds is 5. The van der Waals surface area contributed by atoms with Crippen molar-refractivity contribution in [2.75, 3.05) is 51.8 Å². The summed E-state index contributed by atoms with van der Waals surface area (Å²) in [4.78, 5) is 17.2. The van der Waals surface area contributed by atoms with Crippen LogP contribution in [0.25, 0.3) is 11.0 Å². The minimum absolute atomic E-state index is 0.797. The number of imidazole rings is 1. The molecule has 1 aliphatic rings. The molecule has 1 aliphatic heterocycles. The van der Waals surface area contributed by atoms with Gasteiger partial charge in [-0.3, -0.25) is 4.99 Å². The number of aliphatic imine (C=N–C) groups is 1. The van der Waals surface area contributed by atoms with Crippen LogP contribution in [-0.4, -0.2) is 67.7 Å². The van der Waals surface area contributed by atoms with E-state index in [9.17, 15) is 0 Å². The lowest BCUT2D eigenvalue weighted by molar-refractivity contribution is 0.372. The monoisotopic (exact) mass is 392 g/mol. The Morgan fingerprint density at radius 2 is 1.86 bits per heavy atom. The largest absolute Gasteiger partial charge is 0.497 e. The third kappa shape index (κ3) is 4.45. The van der Waals surface area contributed by atoms with Crippen LogP contribution in [0, 0.1) is 0 Å². The number of nitrogens with zero attached hydrogens (tertiary/aromatic N) is 4. The van der Waals surface area contributed by atoms with Crippen molar-refractivity contribution in [3.63, 3.8) is 0 Å². The van der Waals surface area contributed by atoms with Crippen LogP contribution < -0.4 is 15.0 Å². The molecule has 0 saturated carbocycles. The van der Waals surface area contributed by atoms with Crippen molar-refractivity contribution in [2.24, 2.45) is 4.99 Å². The number of piperazine rings is 1. The van der Waals surface area contributed by atoms with E-state index in [1.54, 1.807) is 7.11 Å². The first-order valence-electron chi connectivity index (χ1n) is 10.0. The zero-order valence-electron chi connectivity index (χ0n) is 17.1. The van der Waals surface area contributed by atoms with E-state index in [1.165, 1.54) is 5.69 Å². The Labute approximate surface area is 171 Å². The van der Waals surface area contributed by atoms with Gasteiger partial charge in [-0.2, -0.15) is 0 Å². The quantitative estimate of drug-likeness (QED) is 0.516. The summed E-state index contributed by atoms with van der Waals surface area (Å²) in [6.07, 6.45) is 0.833. The minimum Gasteiger partial charge on any atom is -0.497 e. The van der Waals surface area contributed by atoms with E-state index in [0.29, 0.717) is 0 Å². The first-order valence-corrected chi connectivity index (χ1v) is 10.0. The Kier molecular flexibility index (Phi) is 5.84. The lowest BCUT2D eigenvalue weighted by atomic mass is 10.2. The Morgan fingerprint density at radius 3 is 2.55 bits per heavy atom. The van der Waals surface area contributed by atoms with E-state index in [2.05, 4.69) is 48.3 Å². The molecule has 0 radical (unpaired) electrons.